The van der Waals surface area contributed by atoms with Crippen molar-refractivity contribution in [1.29, 1.82) is 0 Å². The maximum atomic E-state index is 13.5. The van der Waals surface area contributed by atoms with Crippen LogP contribution in [-0.4, -0.2) is 18.1 Å². The molecule has 0 aliphatic heterocycles. The van der Waals surface area contributed by atoms with Crippen molar-refractivity contribution in [3.63, 3.8) is 0 Å². The molecule has 6 rings (SSSR count). The minimum atomic E-state index is -0.498. The SMILES string of the molecule is COc1ccc(CONc2ccccc2)cc1N=Nc1c(O)c(C(=O)Nc2ccc(Oc3ccccc3)cc2)cc2cc(C)ccc12. The average molecular weight is 625 g/mol. The van der Waals surface area contributed by atoms with Crippen molar-refractivity contribution in [3.05, 3.63) is 144 Å². The number of benzene rings is 6. The number of nitrogens with zero attached hydrogens (tertiary/aromatic N) is 2. The van der Waals surface area contributed by atoms with Gasteiger partial charge in [0, 0.05) is 11.1 Å². The molecule has 9 nitrogen and oxygen atoms in total. The van der Waals surface area contributed by atoms with Gasteiger partial charge in [-0.25, -0.2) is 0 Å². The summed E-state index contributed by atoms with van der Waals surface area (Å²) in [5, 5.41) is 24.5. The maximum Gasteiger partial charge on any atom is 0.259 e. The first kappa shape index (κ1) is 30.8. The number of amides is 1. The lowest BCUT2D eigenvalue weighted by Crippen LogP contribution is -2.12. The zero-order chi connectivity index (χ0) is 32.6. The van der Waals surface area contributed by atoms with Crippen LogP contribution in [0.25, 0.3) is 10.8 Å². The molecular formula is C38H32N4O5. The Hall–Kier alpha value is -6.19. The van der Waals surface area contributed by atoms with Crippen LogP contribution in [-0.2, 0) is 11.4 Å². The smallest absolute Gasteiger partial charge is 0.259 e. The predicted octanol–water partition coefficient (Wildman–Crippen LogP) is 9.87. The van der Waals surface area contributed by atoms with Crippen LogP contribution in [0.5, 0.6) is 23.0 Å². The molecular weight excluding hydrogens is 592 g/mol. The van der Waals surface area contributed by atoms with Gasteiger partial charge in [-0.05, 0) is 84.6 Å². The van der Waals surface area contributed by atoms with Crippen molar-refractivity contribution in [2.24, 2.45) is 10.2 Å². The van der Waals surface area contributed by atoms with Gasteiger partial charge in [-0.2, -0.15) is 0 Å². The lowest BCUT2D eigenvalue weighted by molar-refractivity contribution is 0.102. The number of anilines is 2. The first-order valence-electron chi connectivity index (χ1n) is 14.9. The number of hydrogen-bond donors (Lipinski definition) is 3. The molecule has 6 aromatic rings. The molecule has 1 amide bonds. The Morgan fingerprint density at radius 1 is 0.766 bits per heavy atom. The van der Waals surface area contributed by atoms with Gasteiger partial charge < -0.3 is 19.9 Å². The van der Waals surface area contributed by atoms with Crippen LogP contribution in [0.15, 0.2) is 138 Å². The van der Waals surface area contributed by atoms with Crippen LogP contribution in [0.2, 0.25) is 0 Å². The zero-order valence-corrected chi connectivity index (χ0v) is 25.8. The molecule has 0 spiro atoms. The predicted molar refractivity (Wildman–Crippen MR) is 183 cm³/mol. The third kappa shape index (κ3) is 7.55. The Morgan fingerprint density at radius 2 is 1.49 bits per heavy atom. The fourth-order valence-electron chi connectivity index (χ4n) is 4.92. The standard InChI is InChI=1S/C38H32N4O5/c1-25-13-19-32-27(21-25)23-33(38(44)39-28-15-17-31(18-16-28)47-30-11-7-4-8-12-30)37(43)36(32)41-40-34-22-26(14-20-35(34)45-2)24-46-42-29-9-5-3-6-10-29/h3-23,42-43H,24H2,1-2H3,(H,39,44). The van der Waals surface area contributed by atoms with Crippen molar-refractivity contribution in [2.45, 2.75) is 13.5 Å². The maximum absolute atomic E-state index is 13.5. The third-order valence-corrected chi connectivity index (χ3v) is 7.28. The molecule has 0 saturated carbocycles. The number of phenolic OH excluding ortho intramolecular Hbond substituents is 1. The molecule has 0 heterocycles. The van der Waals surface area contributed by atoms with E-state index in [2.05, 4.69) is 21.0 Å². The van der Waals surface area contributed by atoms with Gasteiger partial charge in [0.05, 0.1) is 25.0 Å². The number of methoxy groups -OCH3 is 1. The Labute approximate surface area is 272 Å². The number of azo groups is 1. The number of hydrogen-bond acceptors (Lipinski definition) is 8. The van der Waals surface area contributed by atoms with Gasteiger partial charge in [0.25, 0.3) is 5.91 Å². The summed E-state index contributed by atoms with van der Waals surface area (Å²) in [7, 11) is 1.54. The Kier molecular flexibility index (Phi) is 9.36. The molecule has 0 unspecified atom stereocenters. The van der Waals surface area contributed by atoms with Crippen molar-refractivity contribution in [2.75, 3.05) is 17.9 Å². The molecule has 0 fully saturated rings. The van der Waals surface area contributed by atoms with Crippen molar-refractivity contribution in [1.82, 2.24) is 0 Å². The van der Waals surface area contributed by atoms with E-state index in [1.807, 2.05) is 91.9 Å². The minimum absolute atomic E-state index is 0.0581. The van der Waals surface area contributed by atoms with E-state index in [1.165, 1.54) is 0 Å². The molecule has 0 aromatic heterocycles. The second kappa shape index (κ2) is 14.3. The summed E-state index contributed by atoms with van der Waals surface area (Å²) in [6.45, 7) is 2.21. The van der Waals surface area contributed by atoms with Crippen LogP contribution in [0, 0.1) is 6.92 Å². The van der Waals surface area contributed by atoms with E-state index < -0.39 is 5.91 Å². The highest BCUT2D eigenvalue weighted by Crippen LogP contribution is 2.41. The molecule has 0 aliphatic rings. The molecule has 3 N–H and O–H groups in total. The molecule has 6 aromatic carbocycles. The summed E-state index contributed by atoms with van der Waals surface area (Å²) in [6, 6.07) is 38.7. The van der Waals surface area contributed by atoms with Crippen LogP contribution >= 0.6 is 0 Å². The summed E-state index contributed by atoms with van der Waals surface area (Å²) < 4.78 is 11.4. The van der Waals surface area contributed by atoms with Crippen molar-refractivity contribution >= 4 is 39.4 Å². The summed E-state index contributed by atoms with van der Waals surface area (Å²) >= 11 is 0. The van der Waals surface area contributed by atoms with Crippen LogP contribution < -0.4 is 20.3 Å². The molecule has 0 radical (unpaired) electrons. The molecule has 234 valence electrons. The highest BCUT2D eigenvalue weighted by molar-refractivity contribution is 6.11. The average Bonchev–Trinajstić information content (AvgIpc) is 3.09. The quantitative estimate of drug-likeness (QED) is 0.0977. The van der Waals surface area contributed by atoms with E-state index >= 15 is 0 Å². The Morgan fingerprint density at radius 3 is 2.23 bits per heavy atom. The highest BCUT2D eigenvalue weighted by atomic mass is 16.6. The van der Waals surface area contributed by atoms with Crippen LogP contribution in [0.4, 0.5) is 22.7 Å². The van der Waals surface area contributed by atoms with E-state index in [9.17, 15) is 9.90 Å². The number of nitrogens with one attached hydrogen (secondary N) is 2. The van der Waals surface area contributed by atoms with Gasteiger partial charge in [0.1, 0.15) is 28.6 Å². The van der Waals surface area contributed by atoms with Gasteiger partial charge in [-0.15, -0.1) is 10.2 Å². The molecule has 47 heavy (non-hydrogen) atoms. The number of rotatable bonds is 11. The Bertz CT molecular complexity index is 2030. The van der Waals surface area contributed by atoms with Gasteiger partial charge in [-0.3, -0.25) is 15.1 Å². The topological polar surface area (TPSA) is 114 Å². The van der Waals surface area contributed by atoms with Crippen LogP contribution in [0.1, 0.15) is 21.5 Å². The van der Waals surface area contributed by atoms with E-state index in [1.54, 1.807) is 49.6 Å². The lowest BCUT2D eigenvalue weighted by Gasteiger charge is -2.13. The zero-order valence-electron chi connectivity index (χ0n) is 25.8. The number of phenols is 1. The number of para-hydroxylation sites is 2. The van der Waals surface area contributed by atoms with Gasteiger partial charge in [0.15, 0.2) is 5.75 Å². The van der Waals surface area contributed by atoms with E-state index in [0.29, 0.717) is 34.0 Å². The number of aromatic hydroxyl groups is 1. The van der Waals surface area contributed by atoms with Crippen molar-refractivity contribution < 1.29 is 24.2 Å². The normalized spacial score (nSPS) is 11.0. The number of fused-ring (bicyclic) bond motifs is 1. The number of ether oxygens (including phenoxy) is 2. The molecule has 0 bridgehead atoms. The van der Waals surface area contributed by atoms with Gasteiger partial charge in [-0.1, -0.05) is 66.2 Å². The summed E-state index contributed by atoms with van der Waals surface area (Å²) in [6.07, 6.45) is 0. The Balaban J connectivity index is 1.25. The molecule has 0 saturated heterocycles. The summed E-state index contributed by atoms with van der Waals surface area (Å²) in [5.41, 5.74) is 6.74. The second-order valence-electron chi connectivity index (χ2n) is 10.7. The number of carbonyl (C=O) groups excluding carboxylic acids is 1. The van der Waals surface area contributed by atoms with Gasteiger partial charge >= 0.3 is 0 Å². The second-order valence-corrected chi connectivity index (χ2v) is 10.7. The van der Waals surface area contributed by atoms with E-state index in [0.717, 1.165) is 22.2 Å². The fourth-order valence-corrected chi connectivity index (χ4v) is 4.92. The lowest BCUT2D eigenvalue weighted by atomic mass is 10.0. The van der Waals surface area contributed by atoms with E-state index in [-0.39, 0.29) is 23.6 Å². The highest BCUT2D eigenvalue weighted by Gasteiger charge is 2.19. The molecule has 9 heteroatoms. The largest absolute Gasteiger partial charge is 0.505 e. The minimum Gasteiger partial charge on any atom is -0.505 e. The first-order chi connectivity index (χ1) is 23.0. The van der Waals surface area contributed by atoms with Gasteiger partial charge in [0.2, 0.25) is 0 Å². The molecule has 0 atom stereocenters. The summed E-state index contributed by atoms with van der Waals surface area (Å²) in [5.74, 6) is 1.03. The van der Waals surface area contributed by atoms with Crippen molar-refractivity contribution in [3.8, 4) is 23.0 Å². The summed E-state index contributed by atoms with van der Waals surface area (Å²) in [4.78, 5) is 19.2. The fraction of sp³-hybridized carbons (Fsp3) is 0.0789. The molecule has 0 aliphatic carbocycles. The number of carbonyl (C=O) groups is 1. The first-order valence-corrected chi connectivity index (χ1v) is 14.9. The van der Waals surface area contributed by atoms with Crippen LogP contribution in [0.3, 0.4) is 0 Å². The monoisotopic (exact) mass is 624 g/mol. The number of aryl methyl sites for hydroxylation is 1. The third-order valence-electron chi connectivity index (χ3n) is 7.28. The van der Waals surface area contributed by atoms with E-state index in [4.69, 9.17) is 14.3 Å².